The van der Waals surface area contributed by atoms with Gasteiger partial charge in [0.25, 0.3) is 5.91 Å². The fraction of sp³-hybridized carbons (Fsp3) is 0.500. The molecule has 1 N–H and O–H groups in total. The maximum absolute atomic E-state index is 15.0. The van der Waals surface area contributed by atoms with E-state index < -0.39 is 22.6 Å². The second-order valence-electron chi connectivity index (χ2n) is 13.1. The summed E-state index contributed by atoms with van der Waals surface area (Å²) in [4.78, 5) is 49.8. The summed E-state index contributed by atoms with van der Waals surface area (Å²) in [6, 6.07) is 12.8. The second kappa shape index (κ2) is 14.7. The molecule has 2 aromatic carbocycles. The molecule has 2 bridgehead atoms. The van der Waals surface area contributed by atoms with Gasteiger partial charge in [-0.3, -0.25) is 14.4 Å². The molecule has 3 fully saturated rings. The number of carbonyl (C=O) groups excluding carboxylic acids is 3. The van der Waals surface area contributed by atoms with Gasteiger partial charge in [0, 0.05) is 42.9 Å². The van der Waals surface area contributed by atoms with Crippen molar-refractivity contribution in [3.8, 4) is 5.75 Å². The average Bonchev–Trinajstić information content (AvgIpc) is 3.65. The average molecular weight is 660 g/mol. The highest BCUT2D eigenvalue weighted by molar-refractivity contribution is 8.02. The van der Waals surface area contributed by atoms with Gasteiger partial charge in [-0.05, 0) is 93.8 Å². The van der Waals surface area contributed by atoms with Crippen molar-refractivity contribution < 1.29 is 24.2 Å². The first-order chi connectivity index (χ1) is 22.6. The number of fused-ring (bicyclic) bond motifs is 1. The molecule has 3 heterocycles. The molecule has 6 atom stereocenters. The minimum atomic E-state index is -0.744. The Hall–Kier alpha value is -3.56. The lowest BCUT2D eigenvalue weighted by Gasteiger charge is -2.41. The zero-order valence-corrected chi connectivity index (χ0v) is 29.0. The predicted molar refractivity (Wildman–Crippen MR) is 190 cm³/mol. The van der Waals surface area contributed by atoms with E-state index in [1.165, 1.54) is 0 Å². The van der Waals surface area contributed by atoms with Crippen molar-refractivity contribution in [1.82, 2.24) is 4.90 Å². The van der Waals surface area contributed by atoms with Crippen LogP contribution in [0.25, 0.3) is 0 Å². The van der Waals surface area contributed by atoms with Crippen molar-refractivity contribution >= 4 is 40.9 Å². The van der Waals surface area contributed by atoms with E-state index in [2.05, 4.69) is 20.1 Å². The van der Waals surface area contributed by atoms with Crippen LogP contribution in [0.4, 0.5) is 11.4 Å². The lowest BCUT2D eigenvalue weighted by Crippen LogP contribution is -2.58. The van der Waals surface area contributed by atoms with Gasteiger partial charge in [-0.1, -0.05) is 31.2 Å². The molecule has 0 radical (unpaired) electrons. The molecule has 0 aromatic heterocycles. The van der Waals surface area contributed by atoms with Crippen LogP contribution in [-0.4, -0.2) is 76.6 Å². The van der Waals surface area contributed by atoms with Gasteiger partial charge in [0.15, 0.2) is 0 Å². The fourth-order valence-electron chi connectivity index (χ4n) is 8.01. The number of benzene rings is 2. The van der Waals surface area contributed by atoms with Crippen LogP contribution >= 0.6 is 11.8 Å². The number of aryl methyl sites for hydroxylation is 2. The summed E-state index contributed by atoms with van der Waals surface area (Å²) in [5.74, 6) is -0.765. The SMILES string of the molecule is C=CCN(C(=O)[C@@H]1[C@@H]2CC(C)C3(S2)C(C(=O)N(CC=C)c2cc(C)ccc2C)N(CCCCCO)C(=O)[C@H]13)c1ccc(OCC)cc1. The molecule has 3 saturated heterocycles. The summed E-state index contributed by atoms with van der Waals surface area (Å²) in [5.41, 5.74) is 3.55. The van der Waals surface area contributed by atoms with Crippen LogP contribution in [0.1, 0.15) is 50.7 Å². The Labute approximate surface area is 283 Å². The van der Waals surface area contributed by atoms with Crippen LogP contribution < -0.4 is 14.5 Å². The monoisotopic (exact) mass is 659 g/mol. The zero-order chi connectivity index (χ0) is 33.9. The van der Waals surface area contributed by atoms with Gasteiger partial charge in [0.05, 0.1) is 23.2 Å². The third kappa shape index (κ3) is 6.24. The smallest absolute Gasteiger partial charge is 0.251 e. The fourth-order valence-corrected chi connectivity index (χ4v) is 10.4. The van der Waals surface area contributed by atoms with E-state index in [9.17, 15) is 14.7 Å². The Balaban J connectivity index is 1.57. The molecular weight excluding hydrogens is 611 g/mol. The van der Waals surface area contributed by atoms with E-state index in [0.29, 0.717) is 39.1 Å². The standard InChI is InChI=1S/C38H49N3O5S/c1-7-19-39(28-15-17-29(18-16-28)46-9-3)35(43)32-31-24-27(6)38(47-31)33(32)36(44)41(21-11-10-12-22-42)34(38)37(45)40(20-8-2)30-23-25(4)13-14-26(30)5/h7-8,13-18,23,27,31-34,42H,1-2,9-12,19-22,24H2,3-6H3/t27?,31-,32+,33-,34?,38?/m0/s1. The summed E-state index contributed by atoms with van der Waals surface area (Å²) in [6.07, 6.45) is 6.23. The molecule has 9 heteroatoms. The molecule has 0 aliphatic carbocycles. The largest absolute Gasteiger partial charge is 0.494 e. The molecule has 252 valence electrons. The number of rotatable bonds is 15. The molecule has 1 spiro atoms. The maximum atomic E-state index is 15.0. The van der Waals surface area contributed by atoms with Crippen molar-refractivity contribution in [2.75, 3.05) is 42.6 Å². The Bertz CT molecular complexity index is 1490. The van der Waals surface area contributed by atoms with Gasteiger partial charge in [0.2, 0.25) is 11.8 Å². The predicted octanol–water partition coefficient (Wildman–Crippen LogP) is 5.94. The minimum absolute atomic E-state index is 0.0504. The molecule has 8 nitrogen and oxygen atoms in total. The summed E-state index contributed by atoms with van der Waals surface area (Å²) in [6.45, 7) is 17.6. The normalized spacial score (nSPS) is 25.9. The van der Waals surface area contributed by atoms with Gasteiger partial charge in [-0.2, -0.15) is 0 Å². The van der Waals surface area contributed by atoms with E-state index in [0.717, 1.165) is 41.1 Å². The Kier molecular flexibility index (Phi) is 10.9. The lowest BCUT2D eigenvalue weighted by molar-refractivity contribution is -0.139. The van der Waals surface area contributed by atoms with E-state index in [1.807, 2.05) is 63.2 Å². The van der Waals surface area contributed by atoms with Gasteiger partial charge in [-0.15, -0.1) is 24.9 Å². The number of aliphatic hydroxyl groups excluding tert-OH is 1. The highest BCUT2D eigenvalue weighted by Gasteiger charge is 2.76. The van der Waals surface area contributed by atoms with E-state index in [-0.39, 0.29) is 35.5 Å². The minimum Gasteiger partial charge on any atom is -0.494 e. The van der Waals surface area contributed by atoms with Crippen LogP contribution in [0, 0.1) is 31.6 Å². The molecule has 3 unspecified atom stereocenters. The van der Waals surface area contributed by atoms with Crippen molar-refractivity contribution in [2.24, 2.45) is 17.8 Å². The molecule has 47 heavy (non-hydrogen) atoms. The van der Waals surface area contributed by atoms with Crippen molar-refractivity contribution in [3.63, 3.8) is 0 Å². The first-order valence-corrected chi connectivity index (χ1v) is 17.8. The number of unbranched alkanes of at least 4 members (excludes halogenated alkanes) is 2. The number of anilines is 2. The quantitative estimate of drug-likeness (QED) is 0.188. The lowest BCUT2D eigenvalue weighted by atomic mass is 9.65. The van der Waals surface area contributed by atoms with Crippen molar-refractivity contribution in [1.29, 1.82) is 0 Å². The third-order valence-corrected chi connectivity index (χ3v) is 12.2. The summed E-state index contributed by atoms with van der Waals surface area (Å²) in [7, 11) is 0. The Morgan fingerprint density at radius 3 is 2.40 bits per heavy atom. The first kappa shape index (κ1) is 34.8. The summed E-state index contributed by atoms with van der Waals surface area (Å²) in [5, 5.41) is 9.34. The van der Waals surface area contributed by atoms with Gasteiger partial charge >= 0.3 is 0 Å². The third-order valence-electron chi connectivity index (χ3n) is 10.1. The summed E-state index contributed by atoms with van der Waals surface area (Å²) < 4.78 is 4.88. The number of aliphatic hydroxyl groups is 1. The van der Waals surface area contributed by atoms with Gasteiger partial charge < -0.3 is 24.5 Å². The number of ether oxygens (including phenoxy) is 1. The molecule has 3 amide bonds. The highest BCUT2D eigenvalue weighted by atomic mass is 32.2. The number of amides is 3. The maximum Gasteiger partial charge on any atom is 0.251 e. The number of nitrogens with zero attached hydrogens (tertiary/aromatic N) is 3. The van der Waals surface area contributed by atoms with Crippen LogP contribution in [0.15, 0.2) is 67.8 Å². The second-order valence-corrected chi connectivity index (χ2v) is 14.6. The molecule has 2 aromatic rings. The molecule has 3 aliphatic rings. The zero-order valence-electron chi connectivity index (χ0n) is 28.2. The molecule has 5 rings (SSSR count). The number of hydrogen-bond acceptors (Lipinski definition) is 6. The van der Waals surface area contributed by atoms with Crippen LogP contribution in [0.3, 0.4) is 0 Å². The molecular formula is C38H49N3O5S. The molecule has 0 saturated carbocycles. The van der Waals surface area contributed by atoms with Gasteiger partial charge in [0.1, 0.15) is 11.8 Å². The van der Waals surface area contributed by atoms with Crippen LogP contribution in [-0.2, 0) is 14.4 Å². The molecule has 3 aliphatic heterocycles. The van der Waals surface area contributed by atoms with Crippen LogP contribution in [0.2, 0.25) is 0 Å². The Morgan fingerprint density at radius 1 is 1.04 bits per heavy atom. The number of hydrogen-bond donors (Lipinski definition) is 1. The number of likely N-dealkylation sites (tertiary alicyclic amines) is 1. The van der Waals surface area contributed by atoms with Crippen LogP contribution in [0.5, 0.6) is 5.75 Å². The topological polar surface area (TPSA) is 90.4 Å². The van der Waals surface area contributed by atoms with E-state index in [1.54, 1.807) is 38.6 Å². The van der Waals surface area contributed by atoms with Gasteiger partial charge in [-0.25, -0.2) is 0 Å². The van der Waals surface area contributed by atoms with Crippen molar-refractivity contribution in [2.45, 2.75) is 69.4 Å². The summed E-state index contributed by atoms with van der Waals surface area (Å²) >= 11 is 1.69. The first-order valence-electron chi connectivity index (χ1n) is 16.9. The van der Waals surface area contributed by atoms with E-state index in [4.69, 9.17) is 4.74 Å². The Morgan fingerprint density at radius 2 is 1.74 bits per heavy atom. The highest BCUT2D eigenvalue weighted by Crippen LogP contribution is 2.69. The number of carbonyl (C=O) groups is 3. The number of thioether (sulfide) groups is 1. The van der Waals surface area contributed by atoms with E-state index >= 15 is 4.79 Å². The van der Waals surface area contributed by atoms with Crippen molar-refractivity contribution in [3.05, 3.63) is 78.9 Å².